The van der Waals surface area contributed by atoms with Crippen LogP contribution in [0, 0.1) is 17.6 Å². The molecule has 0 aliphatic heterocycles. The number of halogens is 2. The zero-order chi connectivity index (χ0) is 15.8. The number of hydrogen-bond donors (Lipinski definition) is 2. The van der Waals surface area contributed by atoms with E-state index >= 15 is 0 Å². The minimum Gasteiger partial charge on any atom is -0.481 e. The van der Waals surface area contributed by atoms with Gasteiger partial charge in [0, 0.05) is 23.9 Å². The summed E-state index contributed by atoms with van der Waals surface area (Å²) in [4.78, 5) is 22.4. The predicted molar refractivity (Wildman–Crippen MR) is 76.1 cm³/mol. The predicted octanol–water partition coefficient (Wildman–Crippen LogP) is 2.67. The van der Waals surface area contributed by atoms with Crippen molar-refractivity contribution in [1.29, 1.82) is 0 Å². The topological polar surface area (TPSA) is 66.4 Å². The number of thioether (sulfide) groups is 1. The molecule has 7 heteroatoms. The molecule has 0 saturated carbocycles. The van der Waals surface area contributed by atoms with Gasteiger partial charge in [-0.25, -0.2) is 8.78 Å². The second kappa shape index (κ2) is 8.61. The van der Waals surface area contributed by atoms with Crippen LogP contribution in [-0.2, 0) is 9.59 Å². The molecular weight excluding hydrogens is 300 g/mol. The molecule has 0 fully saturated rings. The van der Waals surface area contributed by atoms with E-state index in [9.17, 15) is 18.4 Å². The first kappa shape index (κ1) is 17.4. The van der Waals surface area contributed by atoms with Crippen LogP contribution in [0.3, 0.4) is 0 Å². The fourth-order valence-corrected chi connectivity index (χ4v) is 2.40. The van der Waals surface area contributed by atoms with Crippen molar-refractivity contribution >= 4 is 23.6 Å². The van der Waals surface area contributed by atoms with Crippen molar-refractivity contribution in [1.82, 2.24) is 5.32 Å². The lowest BCUT2D eigenvalue weighted by atomic mass is 10.0. The summed E-state index contributed by atoms with van der Waals surface area (Å²) in [6, 6.07) is 3.17. The Kier molecular flexibility index (Phi) is 7.14. The summed E-state index contributed by atoms with van der Waals surface area (Å²) in [5.41, 5.74) is 0. The molecule has 0 radical (unpaired) electrons. The lowest BCUT2D eigenvalue weighted by Gasteiger charge is -2.13. The number of aliphatic carboxylic acids is 1. The molecule has 1 atom stereocenters. The first-order valence-electron chi connectivity index (χ1n) is 6.48. The molecule has 0 aromatic heterocycles. The minimum atomic E-state index is -0.904. The van der Waals surface area contributed by atoms with Gasteiger partial charge in [-0.05, 0) is 18.1 Å². The van der Waals surface area contributed by atoms with E-state index in [-0.39, 0.29) is 35.4 Å². The summed E-state index contributed by atoms with van der Waals surface area (Å²) < 4.78 is 26.1. The largest absolute Gasteiger partial charge is 0.481 e. The van der Waals surface area contributed by atoms with Crippen molar-refractivity contribution in [2.45, 2.75) is 24.7 Å². The highest BCUT2D eigenvalue weighted by Crippen LogP contribution is 2.22. The van der Waals surface area contributed by atoms with Crippen LogP contribution < -0.4 is 5.32 Å². The smallest absolute Gasteiger partial charge is 0.303 e. The Balaban J connectivity index is 2.38. The van der Waals surface area contributed by atoms with Gasteiger partial charge in [-0.1, -0.05) is 13.3 Å². The molecule has 1 rings (SSSR count). The standard InChI is InChI=1S/C14H17F2NO3S/c1-2-9(5-14(19)20)7-17-13(18)8-21-12-4-3-10(15)6-11(12)16/h3-4,6,9H,2,5,7-8H2,1H3,(H,17,18)(H,19,20). The lowest BCUT2D eigenvalue weighted by Crippen LogP contribution is -2.31. The molecule has 2 N–H and O–H groups in total. The van der Waals surface area contributed by atoms with Gasteiger partial charge < -0.3 is 10.4 Å². The van der Waals surface area contributed by atoms with Crippen LogP contribution >= 0.6 is 11.8 Å². The Hall–Kier alpha value is -1.63. The highest BCUT2D eigenvalue weighted by atomic mass is 32.2. The molecule has 0 saturated heterocycles. The van der Waals surface area contributed by atoms with Gasteiger partial charge in [0.25, 0.3) is 0 Å². The van der Waals surface area contributed by atoms with E-state index in [0.29, 0.717) is 6.42 Å². The number of carbonyl (C=O) groups excluding carboxylic acids is 1. The maximum atomic E-state index is 13.4. The molecular formula is C14H17F2NO3S. The van der Waals surface area contributed by atoms with Gasteiger partial charge in [-0.15, -0.1) is 11.8 Å². The molecule has 0 aliphatic rings. The minimum absolute atomic E-state index is 0.00346. The molecule has 4 nitrogen and oxygen atoms in total. The van der Waals surface area contributed by atoms with Crippen LogP contribution in [0.5, 0.6) is 0 Å². The molecule has 1 amide bonds. The third-order valence-electron chi connectivity index (χ3n) is 2.88. The Labute approximate surface area is 125 Å². The molecule has 0 bridgehead atoms. The van der Waals surface area contributed by atoms with Crippen LogP contribution in [-0.4, -0.2) is 29.3 Å². The first-order chi connectivity index (χ1) is 9.92. The average molecular weight is 317 g/mol. The summed E-state index contributed by atoms with van der Waals surface area (Å²) >= 11 is 0.967. The zero-order valence-electron chi connectivity index (χ0n) is 11.6. The van der Waals surface area contributed by atoms with Crippen LogP contribution in [0.1, 0.15) is 19.8 Å². The van der Waals surface area contributed by atoms with Gasteiger partial charge in [0.1, 0.15) is 11.6 Å². The molecule has 1 unspecified atom stereocenters. The van der Waals surface area contributed by atoms with Gasteiger partial charge in [0.15, 0.2) is 0 Å². The monoisotopic (exact) mass is 317 g/mol. The number of benzene rings is 1. The van der Waals surface area contributed by atoms with Gasteiger partial charge in [-0.3, -0.25) is 9.59 Å². The Morgan fingerprint density at radius 3 is 2.67 bits per heavy atom. The highest BCUT2D eigenvalue weighted by Gasteiger charge is 2.13. The van der Waals surface area contributed by atoms with Crippen molar-refractivity contribution in [2.75, 3.05) is 12.3 Å². The second-order valence-corrected chi connectivity index (χ2v) is 5.56. The number of carbonyl (C=O) groups is 2. The SMILES string of the molecule is CCC(CNC(=O)CSc1ccc(F)cc1F)CC(=O)O. The first-order valence-corrected chi connectivity index (χ1v) is 7.47. The van der Waals surface area contributed by atoms with Gasteiger partial charge in [0.05, 0.1) is 5.75 Å². The third-order valence-corrected chi connectivity index (χ3v) is 3.93. The van der Waals surface area contributed by atoms with Crippen molar-refractivity contribution in [3.8, 4) is 0 Å². The Morgan fingerprint density at radius 1 is 1.38 bits per heavy atom. The number of hydrogen-bond acceptors (Lipinski definition) is 3. The molecule has 0 spiro atoms. The Bertz CT molecular complexity index is 511. The van der Waals surface area contributed by atoms with Crippen molar-refractivity contribution in [3.63, 3.8) is 0 Å². The number of carboxylic acids is 1. The average Bonchev–Trinajstić information content (AvgIpc) is 2.42. The summed E-state index contributed by atoms with van der Waals surface area (Å²) in [5.74, 6) is -2.72. The van der Waals surface area contributed by atoms with E-state index < -0.39 is 17.6 Å². The second-order valence-electron chi connectivity index (χ2n) is 4.54. The molecule has 1 aromatic rings. The highest BCUT2D eigenvalue weighted by molar-refractivity contribution is 8.00. The fourth-order valence-electron chi connectivity index (χ4n) is 1.65. The maximum Gasteiger partial charge on any atom is 0.303 e. The number of carboxylic acid groups (broad SMARTS) is 1. The van der Waals surface area contributed by atoms with E-state index in [1.54, 1.807) is 0 Å². The van der Waals surface area contributed by atoms with Gasteiger partial charge in [0.2, 0.25) is 5.91 Å². The summed E-state index contributed by atoms with van der Waals surface area (Å²) in [6.07, 6.45) is 0.642. The molecule has 1 aromatic carbocycles. The molecule has 116 valence electrons. The lowest BCUT2D eigenvalue weighted by molar-refractivity contribution is -0.138. The van der Waals surface area contributed by atoms with Crippen LogP contribution in [0.4, 0.5) is 8.78 Å². The van der Waals surface area contributed by atoms with E-state index in [2.05, 4.69) is 5.32 Å². The number of rotatable bonds is 8. The molecule has 0 aliphatic carbocycles. The van der Waals surface area contributed by atoms with E-state index in [0.717, 1.165) is 23.9 Å². The summed E-state index contributed by atoms with van der Waals surface area (Å²) in [5, 5.41) is 11.3. The molecule has 0 heterocycles. The maximum absolute atomic E-state index is 13.4. The Morgan fingerprint density at radius 2 is 2.10 bits per heavy atom. The normalized spacial score (nSPS) is 12.0. The van der Waals surface area contributed by atoms with E-state index in [4.69, 9.17) is 5.11 Å². The van der Waals surface area contributed by atoms with Crippen molar-refractivity contribution < 1.29 is 23.5 Å². The fraction of sp³-hybridized carbons (Fsp3) is 0.429. The van der Waals surface area contributed by atoms with Crippen molar-refractivity contribution in [2.24, 2.45) is 5.92 Å². The van der Waals surface area contributed by atoms with Gasteiger partial charge >= 0.3 is 5.97 Å². The quantitative estimate of drug-likeness (QED) is 0.724. The van der Waals surface area contributed by atoms with Crippen molar-refractivity contribution in [3.05, 3.63) is 29.8 Å². The summed E-state index contributed by atoms with van der Waals surface area (Å²) in [7, 11) is 0. The van der Waals surface area contributed by atoms with Crippen LogP contribution in [0.15, 0.2) is 23.1 Å². The van der Waals surface area contributed by atoms with E-state index in [1.807, 2.05) is 6.92 Å². The number of amides is 1. The summed E-state index contributed by atoms with van der Waals surface area (Å²) in [6.45, 7) is 2.12. The molecule has 21 heavy (non-hydrogen) atoms. The van der Waals surface area contributed by atoms with E-state index in [1.165, 1.54) is 6.07 Å². The third kappa shape index (κ3) is 6.57. The van der Waals surface area contributed by atoms with Crippen LogP contribution in [0.25, 0.3) is 0 Å². The number of nitrogens with one attached hydrogen (secondary N) is 1. The van der Waals surface area contributed by atoms with Gasteiger partial charge in [-0.2, -0.15) is 0 Å². The van der Waals surface area contributed by atoms with Crippen LogP contribution in [0.2, 0.25) is 0 Å². The zero-order valence-corrected chi connectivity index (χ0v) is 12.4.